The standard InChI is InChI=1S/C18H16FN3O2/c1-11-8-13(6-7-16(11)19)22-18(24)21-10-12-9-20-17(23)15-5-3-2-4-14(12)15/h2-9H,10H2,1H3,(H,20,23)(H2,21,22,24). The van der Waals surface area contributed by atoms with Crippen molar-refractivity contribution in [3.63, 3.8) is 0 Å². The van der Waals surface area contributed by atoms with E-state index in [4.69, 9.17) is 0 Å². The summed E-state index contributed by atoms with van der Waals surface area (Å²) in [6.07, 6.45) is 1.59. The SMILES string of the molecule is Cc1cc(NC(=O)NCc2c[nH]c(=O)c3ccccc23)ccc1F. The van der Waals surface area contributed by atoms with Crippen LogP contribution in [0.15, 0.2) is 53.5 Å². The lowest BCUT2D eigenvalue weighted by Gasteiger charge is -2.10. The van der Waals surface area contributed by atoms with Crippen LogP contribution in [0.2, 0.25) is 0 Å². The first-order valence-corrected chi connectivity index (χ1v) is 7.45. The Kier molecular flexibility index (Phi) is 4.29. The number of carbonyl (C=O) groups excluding carboxylic acids is 1. The number of benzene rings is 2. The highest BCUT2D eigenvalue weighted by Crippen LogP contribution is 2.15. The number of aromatic amines is 1. The van der Waals surface area contributed by atoms with E-state index in [0.29, 0.717) is 16.6 Å². The van der Waals surface area contributed by atoms with Crippen molar-refractivity contribution in [2.75, 3.05) is 5.32 Å². The van der Waals surface area contributed by atoms with Gasteiger partial charge in [0.05, 0.1) is 0 Å². The van der Waals surface area contributed by atoms with Crippen LogP contribution >= 0.6 is 0 Å². The van der Waals surface area contributed by atoms with E-state index < -0.39 is 6.03 Å². The number of hydrogen-bond donors (Lipinski definition) is 3. The van der Waals surface area contributed by atoms with Crippen LogP contribution in [-0.2, 0) is 6.54 Å². The van der Waals surface area contributed by atoms with Gasteiger partial charge in [0.25, 0.3) is 5.56 Å². The minimum absolute atomic E-state index is 0.166. The summed E-state index contributed by atoms with van der Waals surface area (Å²) in [4.78, 5) is 26.4. The van der Waals surface area contributed by atoms with Crippen LogP contribution in [0.3, 0.4) is 0 Å². The average molecular weight is 325 g/mol. The van der Waals surface area contributed by atoms with E-state index in [1.165, 1.54) is 12.1 Å². The van der Waals surface area contributed by atoms with Crippen molar-refractivity contribution in [3.05, 3.63) is 76.0 Å². The summed E-state index contributed by atoms with van der Waals surface area (Å²) >= 11 is 0. The van der Waals surface area contributed by atoms with Gasteiger partial charge in [0.15, 0.2) is 0 Å². The molecule has 0 aliphatic heterocycles. The van der Waals surface area contributed by atoms with Crippen LogP contribution in [-0.4, -0.2) is 11.0 Å². The van der Waals surface area contributed by atoms with E-state index in [1.807, 2.05) is 12.1 Å². The van der Waals surface area contributed by atoms with Gasteiger partial charge in [0.1, 0.15) is 5.82 Å². The number of carbonyl (C=O) groups is 1. The quantitative estimate of drug-likeness (QED) is 0.691. The highest BCUT2D eigenvalue weighted by atomic mass is 19.1. The maximum Gasteiger partial charge on any atom is 0.319 e. The van der Waals surface area contributed by atoms with Gasteiger partial charge in [-0.05, 0) is 47.7 Å². The van der Waals surface area contributed by atoms with Crippen molar-refractivity contribution in [1.29, 1.82) is 0 Å². The van der Waals surface area contributed by atoms with Crippen LogP contribution in [0.4, 0.5) is 14.9 Å². The van der Waals surface area contributed by atoms with Crippen molar-refractivity contribution in [2.24, 2.45) is 0 Å². The number of fused-ring (bicyclic) bond motifs is 1. The zero-order valence-electron chi connectivity index (χ0n) is 13.0. The zero-order valence-corrected chi connectivity index (χ0v) is 13.0. The molecule has 0 radical (unpaired) electrons. The smallest absolute Gasteiger partial charge is 0.319 e. The molecule has 5 nitrogen and oxygen atoms in total. The van der Waals surface area contributed by atoms with Crippen molar-refractivity contribution < 1.29 is 9.18 Å². The molecule has 0 aliphatic carbocycles. The van der Waals surface area contributed by atoms with E-state index in [1.54, 1.807) is 31.3 Å². The number of anilines is 1. The number of rotatable bonds is 3. The molecule has 0 saturated heterocycles. The molecule has 0 aliphatic rings. The molecule has 1 heterocycles. The number of aromatic nitrogens is 1. The second-order valence-electron chi connectivity index (χ2n) is 5.46. The van der Waals surface area contributed by atoms with Crippen molar-refractivity contribution >= 4 is 22.5 Å². The molecule has 3 N–H and O–H groups in total. The molecule has 0 fully saturated rings. The molecular formula is C18H16FN3O2. The Bertz CT molecular complexity index is 966. The lowest BCUT2D eigenvalue weighted by atomic mass is 10.1. The first-order valence-electron chi connectivity index (χ1n) is 7.45. The van der Waals surface area contributed by atoms with E-state index in [0.717, 1.165) is 10.9 Å². The third kappa shape index (κ3) is 3.27. The molecule has 122 valence electrons. The summed E-state index contributed by atoms with van der Waals surface area (Å²) < 4.78 is 13.2. The third-order valence-electron chi connectivity index (χ3n) is 3.75. The van der Waals surface area contributed by atoms with Gasteiger partial charge in [-0.2, -0.15) is 0 Å². The highest BCUT2D eigenvalue weighted by molar-refractivity contribution is 5.90. The van der Waals surface area contributed by atoms with Gasteiger partial charge >= 0.3 is 6.03 Å². The molecule has 1 aromatic heterocycles. The van der Waals surface area contributed by atoms with Gasteiger partial charge in [0.2, 0.25) is 0 Å². The topological polar surface area (TPSA) is 74.0 Å². The Hall–Kier alpha value is -3.15. The number of H-pyrrole nitrogens is 1. The number of pyridine rings is 1. The first-order chi connectivity index (χ1) is 11.5. The molecule has 0 spiro atoms. The zero-order chi connectivity index (χ0) is 17.1. The maximum atomic E-state index is 13.2. The van der Waals surface area contributed by atoms with E-state index in [-0.39, 0.29) is 17.9 Å². The fourth-order valence-corrected chi connectivity index (χ4v) is 2.49. The monoisotopic (exact) mass is 325 g/mol. The summed E-state index contributed by atoms with van der Waals surface area (Å²) in [6, 6.07) is 11.2. The summed E-state index contributed by atoms with van der Waals surface area (Å²) in [7, 11) is 0. The van der Waals surface area contributed by atoms with Crippen LogP contribution < -0.4 is 16.2 Å². The van der Waals surface area contributed by atoms with Crippen molar-refractivity contribution in [3.8, 4) is 0 Å². The number of amides is 2. The molecule has 3 aromatic rings. The fourth-order valence-electron chi connectivity index (χ4n) is 2.49. The number of urea groups is 1. The van der Waals surface area contributed by atoms with Crippen LogP contribution in [0.25, 0.3) is 10.8 Å². The Morgan fingerprint density at radius 1 is 1.17 bits per heavy atom. The number of halogens is 1. The predicted molar refractivity (Wildman–Crippen MR) is 91.6 cm³/mol. The Labute approximate surface area is 137 Å². The summed E-state index contributed by atoms with van der Waals surface area (Å²) in [6.45, 7) is 1.88. The summed E-state index contributed by atoms with van der Waals surface area (Å²) in [5, 5.41) is 6.74. The van der Waals surface area contributed by atoms with Crippen LogP contribution in [0.1, 0.15) is 11.1 Å². The van der Waals surface area contributed by atoms with Gasteiger partial charge in [-0.25, -0.2) is 9.18 Å². The minimum atomic E-state index is -0.406. The molecule has 0 saturated carbocycles. The van der Waals surface area contributed by atoms with Crippen molar-refractivity contribution in [1.82, 2.24) is 10.3 Å². The second kappa shape index (κ2) is 6.54. The summed E-state index contributed by atoms with van der Waals surface area (Å²) in [5.41, 5.74) is 1.60. The fraction of sp³-hybridized carbons (Fsp3) is 0.111. The third-order valence-corrected chi connectivity index (χ3v) is 3.75. The van der Waals surface area contributed by atoms with Crippen LogP contribution in [0, 0.1) is 12.7 Å². The van der Waals surface area contributed by atoms with Crippen molar-refractivity contribution in [2.45, 2.75) is 13.5 Å². The predicted octanol–water partition coefficient (Wildman–Crippen LogP) is 3.30. The Morgan fingerprint density at radius 3 is 2.67 bits per heavy atom. The number of aryl methyl sites for hydroxylation is 1. The average Bonchev–Trinajstić information content (AvgIpc) is 2.58. The van der Waals surface area contributed by atoms with Gasteiger partial charge < -0.3 is 15.6 Å². The van der Waals surface area contributed by atoms with E-state index >= 15 is 0 Å². The summed E-state index contributed by atoms with van der Waals surface area (Å²) in [5.74, 6) is -0.319. The molecular weight excluding hydrogens is 309 g/mol. The molecule has 0 atom stereocenters. The molecule has 24 heavy (non-hydrogen) atoms. The normalized spacial score (nSPS) is 10.6. The van der Waals surface area contributed by atoms with Gasteiger partial charge in [0, 0.05) is 23.8 Å². The first kappa shape index (κ1) is 15.7. The van der Waals surface area contributed by atoms with E-state index in [9.17, 15) is 14.0 Å². The molecule has 2 amide bonds. The largest absolute Gasteiger partial charge is 0.334 e. The van der Waals surface area contributed by atoms with Gasteiger partial charge in [-0.15, -0.1) is 0 Å². The molecule has 2 aromatic carbocycles. The van der Waals surface area contributed by atoms with Gasteiger partial charge in [-0.3, -0.25) is 4.79 Å². The molecule has 3 rings (SSSR count). The van der Waals surface area contributed by atoms with Gasteiger partial charge in [-0.1, -0.05) is 18.2 Å². The highest BCUT2D eigenvalue weighted by Gasteiger charge is 2.07. The Morgan fingerprint density at radius 2 is 1.92 bits per heavy atom. The molecule has 0 unspecified atom stereocenters. The molecule has 0 bridgehead atoms. The van der Waals surface area contributed by atoms with E-state index in [2.05, 4.69) is 15.6 Å². The number of hydrogen-bond acceptors (Lipinski definition) is 2. The maximum absolute atomic E-state index is 13.2. The lowest BCUT2D eigenvalue weighted by Crippen LogP contribution is -2.28. The van der Waals surface area contributed by atoms with Crippen LogP contribution in [0.5, 0.6) is 0 Å². The Balaban J connectivity index is 1.72. The number of nitrogens with one attached hydrogen (secondary N) is 3. The minimum Gasteiger partial charge on any atom is -0.334 e. The lowest BCUT2D eigenvalue weighted by molar-refractivity contribution is 0.252. The second-order valence-corrected chi connectivity index (χ2v) is 5.46. The molecule has 6 heteroatoms.